The molecule has 1 saturated heterocycles. The number of rotatable bonds is 4. The summed E-state index contributed by atoms with van der Waals surface area (Å²) in [5.74, 6) is -0.341. The monoisotopic (exact) mass is 312 g/mol. The smallest absolute Gasteiger partial charge is 0.241 e. The average Bonchev–Trinajstić information content (AvgIpc) is 2.47. The Balaban J connectivity index is 2.07. The Kier molecular flexibility index (Phi) is 4.84. The molecule has 0 saturated carbocycles. The lowest BCUT2D eigenvalue weighted by Crippen LogP contribution is -2.48. The number of sulfonamides is 1. The van der Waals surface area contributed by atoms with Crippen molar-refractivity contribution in [3.8, 4) is 5.75 Å². The number of aromatic hydroxyl groups is 1. The van der Waals surface area contributed by atoms with Crippen molar-refractivity contribution < 1.29 is 18.3 Å². The lowest BCUT2D eigenvalue weighted by atomic mass is 10.1. The van der Waals surface area contributed by atoms with Crippen molar-refractivity contribution in [1.82, 2.24) is 9.62 Å². The number of amides is 1. The molecule has 0 bridgehead atoms. The largest absolute Gasteiger partial charge is 0.508 e. The van der Waals surface area contributed by atoms with Crippen LogP contribution in [-0.4, -0.2) is 43.5 Å². The Morgan fingerprint density at radius 3 is 2.57 bits per heavy atom. The molecule has 0 aliphatic carbocycles. The zero-order chi connectivity index (χ0) is 15.5. The van der Waals surface area contributed by atoms with Crippen LogP contribution >= 0.6 is 0 Å². The topological polar surface area (TPSA) is 86.7 Å². The fraction of sp³-hybridized carbons (Fsp3) is 0.500. The normalized spacial score (nSPS) is 17.5. The predicted molar refractivity (Wildman–Crippen MR) is 78.3 cm³/mol. The summed E-state index contributed by atoms with van der Waals surface area (Å²) in [4.78, 5) is 13.9. The second kappa shape index (κ2) is 6.44. The van der Waals surface area contributed by atoms with Gasteiger partial charge in [-0.15, -0.1) is 0 Å². The minimum Gasteiger partial charge on any atom is -0.508 e. The number of hydrogen-bond donors (Lipinski definition) is 2. The van der Waals surface area contributed by atoms with E-state index in [2.05, 4.69) is 4.72 Å². The second-order valence-electron chi connectivity index (χ2n) is 5.23. The van der Waals surface area contributed by atoms with Crippen LogP contribution in [-0.2, 0) is 14.8 Å². The van der Waals surface area contributed by atoms with Crippen LogP contribution in [0.2, 0.25) is 0 Å². The summed E-state index contributed by atoms with van der Waals surface area (Å²) >= 11 is 0. The van der Waals surface area contributed by atoms with Crippen molar-refractivity contribution in [3.05, 3.63) is 24.3 Å². The number of phenols is 1. The van der Waals surface area contributed by atoms with Gasteiger partial charge in [0, 0.05) is 13.1 Å². The standard InChI is InChI=1S/C14H20N2O4S/c1-11(14(18)16-8-3-2-4-9-16)15-21(19,20)13-7-5-6-12(17)10-13/h5-7,10-11,15,17H,2-4,8-9H2,1H3. The van der Waals surface area contributed by atoms with E-state index >= 15 is 0 Å². The molecule has 1 aliphatic rings. The summed E-state index contributed by atoms with van der Waals surface area (Å²) in [5, 5.41) is 9.36. The van der Waals surface area contributed by atoms with E-state index in [1.54, 1.807) is 4.90 Å². The summed E-state index contributed by atoms with van der Waals surface area (Å²) < 4.78 is 26.7. The van der Waals surface area contributed by atoms with Crippen LogP contribution < -0.4 is 4.72 Å². The fourth-order valence-electron chi connectivity index (χ4n) is 2.39. The van der Waals surface area contributed by atoms with Gasteiger partial charge >= 0.3 is 0 Å². The molecule has 21 heavy (non-hydrogen) atoms. The number of likely N-dealkylation sites (tertiary alicyclic amines) is 1. The molecule has 1 fully saturated rings. The van der Waals surface area contributed by atoms with Crippen LogP contribution in [0.5, 0.6) is 5.75 Å². The van der Waals surface area contributed by atoms with E-state index < -0.39 is 16.1 Å². The predicted octanol–water partition coefficient (Wildman–Crippen LogP) is 1.07. The molecule has 1 aliphatic heterocycles. The summed E-state index contributed by atoms with van der Waals surface area (Å²) in [6.07, 6.45) is 3.02. The Morgan fingerprint density at radius 1 is 1.29 bits per heavy atom. The van der Waals surface area contributed by atoms with Gasteiger partial charge in [-0.1, -0.05) is 6.07 Å². The molecule has 0 radical (unpaired) electrons. The lowest BCUT2D eigenvalue weighted by molar-refractivity contribution is -0.133. The first-order chi connectivity index (χ1) is 9.90. The van der Waals surface area contributed by atoms with Crippen LogP contribution in [0, 0.1) is 0 Å². The Bertz CT molecular complexity index is 609. The summed E-state index contributed by atoms with van der Waals surface area (Å²) in [5.41, 5.74) is 0. The van der Waals surface area contributed by atoms with E-state index in [0.717, 1.165) is 25.3 Å². The first-order valence-electron chi connectivity index (χ1n) is 7.00. The first kappa shape index (κ1) is 15.8. The molecule has 7 heteroatoms. The molecule has 1 aromatic carbocycles. The van der Waals surface area contributed by atoms with Crippen molar-refractivity contribution in [2.45, 2.75) is 37.1 Å². The Hall–Kier alpha value is -1.60. The molecule has 2 rings (SSSR count). The molecular formula is C14H20N2O4S. The molecule has 0 spiro atoms. The van der Waals surface area contributed by atoms with Crippen molar-refractivity contribution in [3.63, 3.8) is 0 Å². The fourth-order valence-corrected chi connectivity index (χ4v) is 3.63. The molecule has 116 valence electrons. The third kappa shape index (κ3) is 3.95. The van der Waals surface area contributed by atoms with E-state index in [1.807, 2.05) is 0 Å². The number of carbonyl (C=O) groups excluding carboxylic acids is 1. The van der Waals surface area contributed by atoms with Gasteiger partial charge in [-0.2, -0.15) is 4.72 Å². The van der Waals surface area contributed by atoms with Crippen molar-refractivity contribution >= 4 is 15.9 Å². The quantitative estimate of drug-likeness (QED) is 0.871. The minimum atomic E-state index is -3.82. The number of phenolic OH excluding ortho intramolecular Hbond substituents is 1. The highest BCUT2D eigenvalue weighted by molar-refractivity contribution is 7.89. The SMILES string of the molecule is CC(NS(=O)(=O)c1cccc(O)c1)C(=O)N1CCCCC1. The number of carbonyl (C=O) groups is 1. The van der Waals surface area contributed by atoms with Gasteiger partial charge < -0.3 is 10.0 Å². The van der Waals surface area contributed by atoms with E-state index in [0.29, 0.717) is 13.1 Å². The van der Waals surface area contributed by atoms with E-state index in [1.165, 1.54) is 25.1 Å². The molecule has 6 nitrogen and oxygen atoms in total. The maximum Gasteiger partial charge on any atom is 0.241 e. The zero-order valence-corrected chi connectivity index (χ0v) is 12.8. The molecule has 1 amide bonds. The molecule has 1 heterocycles. The van der Waals surface area contributed by atoms with Gasteiger partial charge in [0.1, 0.15) is 5.75 Å². The van der Waals surface area contributed by atoms with Crippen molar-refractivity contribution in [2.24, 2.45) is 0 Å². The highest BCUT2D eigenvalue weighted by Gasteiger charge is 2.26. The van der Waals surface area contributed by atoms with Crippen LogP contribution in [0.1, 0.15) is 26.2 Å². The second-order valence-corrected chi connectivity index (χ2v) is 6.94. The highest BCUT2D eigenvalue weighted by atomic mass is 32.2. The molecular weight excluding hydrogens is 292 g/mol. The summed E-state index contributed by atoms with van der Waals surface area (Å²) in [6.45, 7) is 2.89. The number of benzene rings is 1. The third-order valence-electron chi connectivity index (χ3n) is 3.50. The van der Waals surface area contributed by atoms with Gasteiger partial charge in [-0.05, 0) is 44.4 Å². The van der Waals surface area contributed by atoms with Crippen molar-refractivity contribution in [2.75, 3.05) is 13.1 Å². The molecule has 2 N–H and O–H groups in total. The molecule has 0 aromatic heterocycles. The number of piperidine rings is 1. The molecule has 1 unspecified atom stereocenters. The maximum atomic E-state index is 12.2. The van der Waals surface area contributed by atoms with Gasteiger partial charge in [0.25, 0.3) is 0 Å². The number of nitrogens with zero attached hydrogens (tertiary/aromatic N) is 1. The van der Waals surface area contributed by atoms with Crippen LogP contribution in [0.25, 0.3) is 0 Å². The van der Waals surface area contributed by atoms with Gasteiger partial charge in [-0.25, -0.2) is 8.42 Å². The van der Waals surface area contributed by atoms with Crippen LogP contribution in [0.4, 0.5) is 0 Å². The number of hydrogen-bond acceptors (Lipinski definition) is 4. The third-order valence-corrected chi connectivity index (χ3v) is 5.04. The van der Waals surface area contributed by atoms with Gasteiger partial charge in [0.15, 0.2) is 0 Å². The highest BCUT2D eigenvalue weighted by Crippen LogP contribution is 2.16. The van der Waals surface area contributed by atoms with E-state index in [4.69, 9.17) is 0 Å². The Labute approximate surface area is 124 Å². The van der Waals surface area contributed by atoms with Gasteiger partial charge in [-0.3, -0.25) is 4.79 Å². The van der Waals surface area contributed by atoms with Crippen LogP contribution in [0.15, 0.2) is 29.2 Å². The molecule has 1 atom stereocenters. The Morgan fingerprint density at radius 2 is 1.95 bits per heavy atom. The first-order valence-corrected chi connectivity index (χ1v) is 8.48. The van der Waals surface area contributed by atoms with Gasteiger partial charge in [0.2, 0.25) is 15.9 Å². The maximum absolute atomic E-state index is 12.2. The summed E-state index contributed by atoms with van der Waals surface area (Å²) in [7, 11) is -3.82. The number of nitrogens with one attached hydrogen (secondary N) is 1. The molecule has 1 aromatic rings. The van der Waals surface area contributed by atoms with E-state index in [9.17, 15) is 18.3 Å². The van der Waals surface area contributed by atoms with Gasteiger partial charge in [0.05, 0.1) is 10.9 Å². The van der Waals surface area contributed by atoms with Crippen molar-refractivity contribution in [1.29, 1.82) is 0 Å². The average molecular weight is 312 g/mol. The zero-order valence-electron chi connectivity index (χ0n) is 11.9. The lowest BCUT2D eigenvalue weighted by Gasteiger charge is -2.29. The van der Waals surface area contributed by atoms with Crippen LogP contribution in [0.3, 0.4) is 0 Å². The summed E-state index contributed by atoms with van der Waals surface area (Å²) in [6, 6.07) is 4.54. The van der Waals surface area contributed by atoms with E-state index in [-0.39, 0.29) is 16.6 Å². The minimum absolute atomic E-state index is 0.0548.